The van der Waals surface area contributed by atoms with E-state index in [2.05, 4.69) is 5.43 Å². The first kappa shape index (κ1) is 32.4. The van der Waals surface area contributed by atoms with Crippen molar-refractivity contribution in [3.63, 3.8) is 0 Å². The van der Waals surface area contributed by atoms with Crippen LogP contribution >= 0.6 is 0 Å². The molecule has 2 saturated heterocycles. The number of aliphatic carboxylic acids is 1. The monoisotopic (exact) mass is 683 g/mol. The van der Waals surface area contributed by atoms with Crippen molar-refractivity contribution in [2.24, 2.45) is 23.7 Å². The summed E-state index contributed by atoms with van der Waals surface area (Å²) in [4.78, 5) is 70.6. The number of carbonyl (C=O) groups is 5. The van der Waals surface area contributed by atoms with Crippen LogP contribution in [-0.2, 0) is 29.4 Å². The van der Waals surface area contributed by atoms with E-state index >= 15 is 4.79 Å². The fourth-order valence-corrected chi connectivity index (χ4v) is 9.32. The summed E-state index contributed by atoms with van der Waals surface area (Å²) < 4.78 is 0. The molecule has 0 bridgehead atoms. The van der Waals surface area contributed by atoms with E-state index in [0.717, 1.165) is 26.9 Å². The number of carbonyl (C=O) groups excluding carboxylic acids is 4. The highest BCUT2D eigenvalue weighted by Gasteiger charge is 2.70. The predicted molar refractivity (Wildman–Crippen MR) is 188 cm³/mol. The van der Waals surface area contributed by atoms with Crippen LogP contribution in [0.15, 0.2) is 103 Å². The summed E-state index contributed by atoms with van der Waals surface area (Å²) in [6.07, 6.45) is 2.28. The highest BCUT2D eigenvalue weighted by molar-refractivity contribution is 6.13. The topological polar surface area (TPSA) is 144 Å². The van der Waals surface area contributed by atoms with E-state index in [4.69, 9.17) is 0 Å². The molecule has 51 heavy (non-hydrogen) atoms. The van der Waals surface area contributed by atoms with Crippen LogP contribution in [0.5, 0.6) is 5.75 Å². The molecule has 10 nitrogen and oxygen atoms in total. The molecule has 4 aromatic carbocycles. The highest BCUT2D eigenvalue weighted by atomic mass is 16.4. The summed E-state index contributed by atoms with van der Waals surface area (Å²) in [7, 11) is 0. The Kier molecular flexibility index (Phi) is 7.77. The van der Waals surface area contributed by atoms with Gasteiger partial charge in [-0.05, 0) is 66.6 Å². The number of rotatable bonds is 8. The van der Waals surface area contributed by atoms with Crippen molar-refractivity contribution in [1.82, 2.24) is 9.91 Å². The van der Waals surface area contributed by atoms with E-state index < -0.39 is 52.8 Å². The Balaban J connectivity index is 1.34. The molecule has 3 N–H and O–H groups in total. The van der Waals surface area contributed by atoms with Gasteiger partial charge in [0.25, 0.3) is 11.8 Å². The molecule has 6 atom stereocenters. The highest BCUT2D eigenvalue weighted by Crippen LogP contribution is 2.65. The predicted octanol–water partition coefficient (Wildman–Crippen LogP) is 5.70. The van der Waals surface area contributed by atoms with Crippen LogP contribution in [0.4, 0.5) is 5.69 Å². The molecule has 0 aromatic heterocycles. The van der Waals surface area contributed by atoms with Crippen molar-refractivity contribution >= 4 is 46.1 Å². The van der Waals surface area contributed by atoms with E-state index in [0.29, 0.717) is 16.8 Å². The lowest BCUT2D eigenvalue weighted by molar-refractivity contribution is -0.142. The molecule has 2 aliphatic carbocycles. The zero-order chi connectivity index (χ0) is 35.6. The normalized spacial score (nSPS) is 26.9. The molecule has 10 heteroatoms. The number of aromatic hydroxyl groups is 1. The number of hydrazine groups is 1. The van der Waals surface area contributed by atoms with E-state index in [1.807, 2.05) is 85.8 Å². The lowest BCUT2D eigenvalue weighted by atomic mass is 9.48. The van der Waals surface area contributed by atoms with Gasteiger partial charge in [0.2, 0.25) is 11.8 Å². The molecule has 1 saturated carbocycles. The smallest absolute Gasteiger partial charge is 0.303 e. The maximum absolute atomic E-state index is 15.4. The first-order valence-electron chi connectivity index (χ1n) is 17.4. The number of fused-ring (bicyclic) bond motifs is 5. The Morgan fingerprint density at radius 2 is 1.59 bits per heavy atom. The Labute approximate surface area is 294 Å². The fraction of sp³-hybridized carbons (Fsp3) is 0.293. The number of aryl methyl sites for hydroxylation is 1. The molecular weight excluding hydrogens is 646 g/mol. The largest absolute Gasteiger partial charge is 0.508 e. The van der Waals surface area contributed by atoms with Gasteiger partial charge in [-0.15, -0.1) is 0 Å². The zero-order valence-corrected chi connectivity index (χ0v) is 28.0. The van der Waals surface area contributed by atoms with Crippen LogP contribution in [0, 0.1) is 30.6 Å². The number of benzene rings is 4. The number of carboxylic acid groups (broad SMARTS) is 1. The average molecular weight is 684 g/mol. The number of anilines is 1. The molecule has 4 aliphatic rings. The van der Waals surface area contributed by atoms with E-state index in [1.54, 1.807) is 18.2 Å². The zero-order valence-electron chi connectivity index (χ0n) is 28.0. The molecule has 2 heterocycles. The Morgan fingerprint density at radius 3 is 2.33 bits per heavy atom. The molecule has 0 spiro atoms. The molecule has 8 rings (SSSR count). The number of imide groups is 2. The number of phenols is 1. The second-order valence-corrected chi connectivity index (χ2v) is 14.1. The first-order chi connectivity index (χ1) is 24.6. The Bertz CT molecular complexity index is 2150. The minimum atomic E-state index is -1.51. The SMILES string of the molecule is Cc1ccc(NN2C(=O)[C@@H]3C[C@@H]4C(=CC[C@@H]5C(=O)N(CCCC(=O)O)C(=O)[C@@H]54)[C@H](c4c(O)ccc5ccccc45)[C@]3(c3ccccc3)C2=O)cc1. The molecule has 2 aliphatic heterocycles. The van der Waals surface area contributed by atoms with Crippen LogP contribution in [0.3, 0.4) is 0 Å². The van der Waals surface area contributed by atoms with Crippen molar-refractivity contribution < 1.29 is 34.2 Å². The quantitative estimate of drug-likeness (QED) is 0.159. The summed E-state index contributed by atoms with van der Waals surface area (Å²) in [5, 5.41) is 23.7. The number of carboxylic acids is 1. The summed E-state index contributed by atoms with van der Waals surface area (Å²) in [5.41, 5.74) is 5.00. The molecule has 4 aromatic rings. The molecule has 0 unspecified atom stereocenters. The number of hydrogen-bond acceptors (Lipinski definition) is 7. The third-order valence-electron chi connectivity index (χ3n) is 11.5. The van der Waals surface area contributed by atoms with Gasteiger partial charge in [0, 0.05) is 24.4 Å². The van der Waals surface area contributed by atoms with Gasteiger partial charge >= 0.3 is 5.97 Å². The standard InChI is InChI=1S/C41H37N3O7/c1-23-13-16-26(17-14-23)42-44-38(49)31-22-30-28(18-19-29-34(30)39(50)43(37(29)48)21-7-12-33(46)47)36(41(31,40(44)51)25-9-3-2-4-10-25)35-27-11-6-5-8-24(27)15-20-32(35)45/h2-6,8-11,13-18,20,29-31,34,36,42,45H,7,12,19,21-22H2,1H3,(H,46,47)/t29-,30+,31-,34-,36+,41+/m0/s1. The number of phenolic OH excluding ortho intramolecular Hbond substituents is 1. The summed E-state index contributed by atoms with van der Waals surface area (Å²) >= 11 is 0. The van der Waals surface area contributed by atoms with Gasteiger partial charge < -0.3 is 10.2 Å². The number of nitrogens with zero attached hydrogens (tertiary/aromatic N) is 2. The minimum Gasteiger partial charge on any atom is -0.508 e. The fourth-order valence-electron chi connectivity index (χ4n) is 9.32. The Morgan fingerprint density at radius 1 is 0.863 bits per heavy atom. The van der Waals surface area contributed by atoms with Crippen LogP contribution in [0.25, 0.3) is 10.8 Å². The third kappa shape index (κ3) is 4.87. The number of nitrogens with one attached hydrogen (secondary N) is 1. The van der Waals surface area contributed by atoms with Gasteiger partial charge in [0.05, 0.1) is 28.9 Å². The van der Waals surface area contributed by atoms with Gasteiger partial charge in [-0.2, -0.15) is 5.01 Å². The van der Waals surface area contributed by atoms with E-state index in [-0.39, 0.29) is 49.8 Å². The maximum atomic E-state index is 15.4. The van der Waals surface area contributed by atoms with Crippen molar-refractivity contribution in [1.29, 1.82) is 0 Å². The van der Waals surface area contributed by atoms with Gasteiger partial charge in [0.15, 0.2) is 0 Å². The van der Waals surface area contributed by atoms with Crippen LogP contribution in [-0.4, -0.2) is 56.3 Å². The van der Waals surface area contributed by atoms with Crippen molar-refractivity contribution in [2.75, 3.05) is 12.0 Å². The maximum Gasteiger partial charge on any atom is 0.303 e. The van der Waals surface area contributed by atoms with Gasteiger partial charge in [-0.25, -0.2) is 0 Å². The summed E-state index contributed by atoms with van der Waals surface area (Å²) in [6.45, 7) is 1.94. The number of allylic oxidation sites excluding steroid dienone is 2. The van der Waals surface area contributed by atoms with Gasteiger partial charge in [-0.3, -0.25) is 34.3 Å². The molecule has 3 fully saturated rings. The van der Waals surface area contributed by atoms with Crippen LogP contribution < -0.4 is 5.43 Å². The minimum absolute atomic E-state index is 0.00436. The van der Waals surface area contributed by atoms with Gasteiger partial charge in [-0.1, -0.05) is 90.0 Å². The first-order valence-corrected chi connectivity index (χ1v) is 17.4. The van der Waals surface area contributed by atoms with E-state index in [1.165, 1.54) is 4.90 Å². The average Bonchev–Trinajstić information content (AvgIpc) is 3.50. The van der Waals surface area contributed by atoms with Crippen molar-refractivity contribution in [3.05, 3.63) is 119 Å². The second kappa shape index (κ2) is 12.2. The van der Waals surface area contributed by atoms with Crippen LogP contribution in [0.2, 0.25) is 0 Å². The summed E-state index contributed by atoms with van der Waals surface area (Å²) in [5.74, 6) is -6.58. The lowest BCUT2D eigenvalue weighted by Gasteiger charge is -2.51. The lowest BCUT2D eigenvalue weighted by Crippen LogP contribution is -2.53. The molecule has 4 amide bonds. The molecule has 258 valence electrons. The Hall–Kier alpha value is -5.77. The summed E-state index contributed by atoms with van der Waals surface area (Å²) in [6, 6.07) is 27.6. The third-order valence-corrected chi connectivity index (χ3v) is 11.5. The number of hydrogen-bond donors (Lipinski definition) is 3. The van der Waals surface area contributed by atoms with E-state index in [9.17, 15) is 29.4 Å². The molecular formula is C41H37N3O7. The van der Waals surface area contributed by atoms with Crippen molar-refractivity contribution in [3.8, 4) is 5.75 Å². The number of likely N-dealkylation sites (tertiary alicyclic amines) is 1. The van der Waals surface area contributed by atoms with Crippen molar-refractivity contribution in [2.45, 2.75) is 43.9 Å². The second-order valence-electron chi connectivity index (χ2n) is 14.1. The number of amides is 4. The van der Waals surface area contributed by atoms with Gasteiger partial charge in [0.1, 0.15) is 5.75 Å². The van der Waals surface area contributed by atoms with Crippen LogP contribution in [0.1, 0.15) is 48.3 Å². The molecule has 0 radical (unpaired) electrons.